The first kappa shape index (κ1) is 38.0. The number of likely N-dealkylation sites (tertiary alicyclic amines) is 2. The molecule has 3 aromatic rings. The number of nitrogens with zero attached hydrogens (tertiary/aromatic N) is 4. The zero-order valence-corrected chi connectivity index (χ0v) is 32.5. The number of urea groups is 1. The van der Waals surface area contributed by atoms with Gasteiger partial charge in [-0.2, -0.15) is 5.10 Å². The van der Waals surface area contributed by atoms with Crippen LogP contribution in [0.2, 0.25) is 0 Å². The number of carbonyl (C=O) groups excluding carboxylic acids is 4. The second kappa shape index (κ2) is 16.6. The van der Waals surface area contributed by atoms with Gasteiger partial charge in [-0.15, -0.1) is 0 Å². The monoisotopic (exact) mass is 737 g/mol. The molecule has 290 valence electrons. The van der Waals surface area contributed by atoms with Gasteiger partial charge in [0, 0.05) is 68.6 Å². The molecule has 2 aromatic carbocycles. The molecule has 3 fully saturated rings. The van der Waals surface area contributed by atoms with E-state index in [-0.39, 0.29) is 41.3 Å². The van der Waals surface area contributed by atoms with Crippen molar-refractivity contribution in [3.8, 4) is 0 Å². The highest BCUT2D eigenvalue weighted by Gasteiger charge is 2.44. The van der Waals surface area contributed by atoms with Gasteiger partial charge in [0.15, 0.2) is 0 Å². The number of ketones is 1. The van der Waals surface area contributed by atoms with Gasteiger partial charge in [0.1, 0.15) is 5.78 Å². The van der Waals surface area contributed by atoms with E-state index < -0.39 is 0 Å². The minimum atomic E-state index is -0.191. The van der Waals surface area contributed by atoms with E-state index in [0.717, 1.165) is 111 Å². The molecule has 3 N–H and O–H groups in total. The summed E-state index contributed by atoms with van der Waals surface area (Å²) in [4.78, 5) is 59.2. The van der Waals surface area contributed by atoms with Crippen molar-refractivity contribution in [2.45, 2.75) is 116 Å². The average molecular weight is 738 g/mol. The smallest absolute Gasteiger partial charge is 0.322 e. The largest absolute Gasteiger partial charge is 0.342 e. The van der Waals surface area contributed by atoms with Crippen LogP contribution in [0.5, 0.6) is 0 Å². The molecule has 11 nitrogen and oxygen atoms in total. The standard InChI is InChI=1S/C43H59N7O4/c1-29-23-32(25-35-26-45-47-39(29)35)24-33(41(53)49-22-19-43(28-49)17-20-48(21-18-43)40(52)30(2)44-3)8-6-9-37(51)16-13-31-11-14-36(15-12-31)50-27-34-7-4-5-10-38(34)46-42(50)54/h4-5,7,10,23,25-26,30-31,33,36,44H,6,8-9,11-22,24,27-28H2,1-3H3,(H,45,47)(H,46,54)/t30-,31?,33-,36?/m1/s1. The number of Topliss-reactive ketones (excluding diaryl/α,β-unsaturated/α-hetero) is 1. The number of H-pyrrole nitrogens is 1. The minimum Gasteiger partial charge on any atom is -0.342 e. The Hall–Kier alpha value is -4.25. The molecule has 1 saturated carbocycles. The van der Waals surface area contributed by atoms with Crippen LogP contribution in [0.25, 0.3) is 10.9 Å². The van der Waals surface area contributed by atoms with Gasteiger partial charge in [-0.3, -0.25) is 19.5 Å². The second-order valence-corrected chi connectivity index (χ2v) is 16.9. The zero-order valence-electron chi connectivity index (χ0n) is 32.5. The molecule has 1 aromatic heterocycles. The van der Waals surface area contributed by atoms with Crippen LogP contribution in [0.4, 0.5) is 10.5 Å². The van der Waals surface area contributed by atoms with E-state index in [0.29, 0.717) is 50.4 Å². The van der Waals surface area contributed by atoms with Crippen LogP contribution < -0.4 is 10.6 Å². The van der Waals surface area contributed by atoms with E-state index in [2.05, 4.69) is 50.9 Å². The first-order valence-electron chi connectivity index (χ1n) is 20.5. The third-order valence-corrected chi connectivity index (χ3v) is 13.3. The lowest BCUT2D eigenvalue weighted by Gasteiger charge is -2.40. The Labute approximate surface area is 320 Å². The predicted octanol–water partition coefficient (Wildman–Crippen LogP) is 6.61. The lowest BCUT2D eigenvalue weighted by atomic mass is 9.77. The summed E-state index contributed by atoms with van der Waals surface area (Å²) in [6.07, 6.45) is 12.8. The van der Waals surface area contributed by atoms with Gasteiger partial charge in [-0.05, 0) is 132 Å². The van der Waals surface area contributed by atoms with Crippen molar-refractivity contribution in [1.82, 2.24) is 30.2 Å². The first-order valence-corrected chi connectivity index (χ1v) is 20.5. The van der Waals surface area contributed by atoms with Gasteiger partial charge in [0.25, 0.3) is 0 Å². The fraction of sp³-hybridized carbons (Fsp3) is 0.605. The summed E-state index contributed by atoms with van der Waals surface area (Å²) in [6.45, 7) is 7.64. The topological polar surface area (TPSA) is 131 Å². The third-order valence-electron chi connectivity index (χ3n) is 13.3. The van der Waals surface area contributed by atoms with E-state index >= 15 is 0 Å². The molecule has 4 amide bonds. The molecule has 1 aliphatic carbocycles. The van der Waals surface area contributed by atoms with Crippen molar-refractivity contribution in [2.75, 3.05) is 38.5 Å². The quantitative estimate of drug-likeness (QED) is 0.181. The van der Waals surface area contributed by atoms with E-state index in [1.165, 1.54) is 0 Å². The van der Waals surface area contributed by atoms with E-state index in [1.807, 2.05) is 48.2 Å². The summed E-state index contributed by atoms with van der Waals surface area (Å²) in [5, 5.41) is 14.5. The molecular formula is C43H59N7O4. The fourth-order valence-corrected chi connectivity index (χ4v) is 9.71. The number of benzene rings is 2. The Morgan fingerprint density at radius 1 is 0.981 bits per heavy atom. The van der Waals surface area contributed by atoms with Gasteiger partial charge in [-0.25, -0.2) is 4.79 Å². The van der Waals surface area contributed by atoms with Crippen LogP contribution in [0.15, 0.2) is 42.6 Å². The van der Waals surface area contributed by atoms with Crippen molar-refractivity contribution < 1.29 is 19.2 Å². The van der Waals surface area contributed by atoms with Gasteiger partial charge in [0.05, 0.1) is 17.8 Å². The maximum absolute atomic E-state index is 14.3. The van der Waals surface area contributed by atoms with E-state index in [4.69, 9.17) is 0 Å². The fourth-order valence-electron chi connectivity index (χ4n) is 9.71. The highest BCUT2D eigenvalue weighted by molar-refractivity contribution is 5.92. The number of hydrogen-bond donors (Lipinski definition) is 3. The highest BCUT2D eigenvalue weighted by atomic mass is 16.2. The number of nitrogens with one attached hydrogen (secondary N) is 3. The molecule has 54 heavy (non-hydrogen) atoms. The summed E-state index contributed by atoms with van der Waals surface area (Å²) >= 11 is 0. The average Bonchev–Trinajstić information content (AvgIpc) is 3.84. The van der Waals surface area contributed by atoms with Crippen LogP contribution >= 0.6 is 0 Å². The van der Waals surface area contributed by atoms with Crippen molar-refractivity contribution in [3.05, 3.63) is 59.3 Å². The predicted molar refractivity (Wildman–Crippen MR) is 211 cm³/mol. The number of hydrogen-bond acceptors (Lipinski definition) is 6. The highest BCUT2D eigenvalue weighted by Crippen LogP contribution is 2.41. The van der Waals surface area contributed by atoms with Gasteiger partial charge >= 0.3 is 6.03 Å². The van der Waals surface area contributed by atoms with Gasteiger partial charge in [-0.1, -0.05) is 24.3 Å². The van der Waals surface area contributed by atoms with Crippen molar-refractivity contribution >= 4 is 40.2 Å². The molecule has 0 bridgehead atoms. The lowest BCUT2D eigenvalue weighted by molar-refractivity contribution is -0.137. The number of fused-ring (bicyclic) bond motifs is 2. The summed E-state index contributed by atoms with van der Waals surface area (Å²) in [5.74, 6) is 0.971. The Bertz CT molecular complexity index is 1820. The molecular weight excluding hydrogens is 679 g/mol. The maximum atomic E-state index is 14.3. The van der Waals surface area contributed by atoms with Crippen LogP contribution in [-0.2, 0) is 27.3 Å². The number of para-hydroxylation sites is 1. The number of anilines is 1. The third kappa shape index (κ3) is 8.51. The lowest BCUT2D eigenvalue weighted by Crippen LogP contribution is -2.50. The normalized spacial score (nSPS) is 22.3. The molecule has 3 aliphatic heterocycles. The van der Waals surface area contributed by atoms with Crippen molar-refractivity contribution in [1.29, 1.82) is 0 Å². The number of likely N-dealkylation sites (N-methyl/N-ethyl adjacent to an activating group) is 1. The Morgan fingerprint density at radius 2 is 1.72 bits per heavy atom. The molecule has 1 spiro atoms. The van der Waals surface area contributed by atoms with Crippen LogP contribution in [0, 0.1) is 24.2 Å². The SMILES string of the molecule is CN[C@H](C)C(=O)N1CCC2(CCN(C(=O)[C@H](CCCC(=O)CCC3CCC(N4Cc5ccccc5NC4=O)CC3)Cc3cc(C)c4[nH]ncc4c3)C2)CC1. The zero-order chi connectivity index (χ0) is 37.8. The number of aromatic amines is 1. The Balaban J connectivity index is 0.904. The van der Waals surface area contributed by atoms with Crippen LogP contribution in [0.1, 0.15) is 101 Å². The molecule has 0 radical (unpaired) electrons. The second-order valence-electron chi connectivity index (χ2n) is 16.9. The summed E-state index contributed by atoms with van der Waals surface area (Å²) < 4.78 is 0. The molecule has 2 atom stereocenters. The Kier molecular flexibility index (Phi) is 11.7. The number of piperidine rings is 1. The van der Waals surface area contributed by atoms with E-state index in [9.17, 15) is 19.2 Å². The van der Waals surface area contributed by atoms with Gasteiger partial charge in [0.2, 0.25) is 11.8 Å². The van der Waals surface area contributed by atoms with Crippen LogP contribution in [-0.4, -0.2) is 93.8 Å². The molecule has 4 heterocycles. The number of carbonyl (C=O) groups is 4. The molecule has 2 saturated heterocycles. The molecule has 4 aliphatic rings. The van der Waals surface area contributed by atoms with Crippen molar-refractivity contribution in [2.24, 2.45) is 17.3 Å². The maximum Gasteiger partial charge on any atom is 0.322 e. The summed E-state index contributed by atoms with van der Waals surface area (Å²) in [5.41, 5.74) is 5.43. The number of amides is 4. The van der Waals surface area contributed by atoms with Crippen LogP contribution in [0.3, 0.4) is 0 Å². The minimum absolute atomic E-state index is 0.000939. The summed E-state index contributed by atoms with van der Waals surface area (Å²) in [6, 6.07) is 12.4. The molecule has 7 rings (SSSR count). The van der Waals surface area contributed by atoms with E-state index in [1.54, 1.807) is 0 Å². The summed E-state index contributed by atoms with van der Waals surface area (Å²) in [7, 11) is 1.82. The Morgan fingerprint density at radius 3 is 2.48 bits per heavy atom. The van der Waals surface area contributed by atoms with Gasteiger partial charge < -0.3 is 25.3 Å². The number of aryl methyl sites for hydroxylation is 1. The number of aromatic nitrogens is 2. The molecule has 0 unspecified atom stereocenters. The molecule has 11 heteroatoms. The first-order chi connectivity index (χ1) is 26.1. The van der Waals surface area contributed by atoms with Crippen molar-refractivity contribution in [3.63, 3.8) is 0 Å². The number of rotatable bonds is 13.